The minimum absolute atomic E-state index is 0.0392. The Balaban J connectivity index is 1.58. The van der Waals surface area contributed by atoms with E-state index in [0.717, 1.165) is 6.54 Å². The van der Waals surface area contributed by atoms with E-state index in [2.05, 4.69) is 0 Å². The van der Waals surface area contributed by atoms with Gasteiger partial charge >= 0.3 is 0 Å². The fourth-order valence-corrected chi connectivity index (χ4v) is 2.30. The molecule has 3 fully saturated rings. The molecule has 1 saturated heterocycles. The summed E-state index contributed by atoms with van der Waals surface area (Å²) in [5.41, 5.74) is 6.17. The second-order valence-electron chi connectivity index (χ2n) is 4.56. The van der Waals surface area contributed by atoms with Crippen molar-refractivity contribution in [1.29, 1.82) is 0 Å². The summed E-state index contributed by atoms with van der Waals surface area (Å²) in [6, 6.07) is -0.422. The van der Waals surface area contributed by atoms with Crippen LogP contribution in [0.4, 0.5) is 0 Å². The Labute approximate surface area is 77.0 Å². The van der Waals surface area contributed by atoms with Crippen molar-refractivity contribution in [3.05, 3.63) is 0 Å². The van der Waals surface area contributed by atoms with Gasteiger partial charge in [-0.1, -0.05) is 0 Å². The van der Waals surface area contributed by atoms with Crippen molar-refractivity contribution in [1.82, 2.24) is 5.06 Å². The highest BCUT2D eigenvalue weighted by Gasteiger charge is 2.63. The maximum atomic E-state index is 11.4. The van der Waals surface area contributed by atoms with E-state index in [4.69, 9.17) is 10.6 Å². The van der Waals surface area contributed by atoms with E-state index in [1.54, 1.807) is 0 Å². The fourth-order valence-electron chi connectivity index (χ4n) is 2.30. The van der Waals surface area contributed by atoms with Gasteiger partial charge in [0.05, 0.1) is 13.2 Å². The van der Waals surface area contributed by atoms with Crippen molar-refractivity contribution in [2.45, 2.75) is 25.3 Å². The van der Waals surface area contributed by atoms with Crippen molar-refractivity contribution in [3.63, 3.8) is 0 Å². The molecule has 4 heteroatoms. The molecule has 2 unspecified atom stereocenters. The number of hydrogen-bond donors (Lipinski definition) is 1. The standard InChI is InChI=1S/C9H14N2O2/c10-7-5-13-11(8(7)12)4-6-3-9(6)1-2-9/h6-7H,1-5,10H2. The molecule has 0 aromatic rings. The maximum absolute atomic E-state index is 11.4. The number of carbonyl (C=O) groups is 1. The quantitative estimate of drug-likeness (QED) is 0.648. The predicted octanol–water partition coefficient (Wildman–Crippen LogP) is -0.112. The van der Waals surface area contributed by atoms with Gasteiger partial charge in [0, 0.05) is 0 Å². The summed E-state index contributed by atoms with van der Waals surface area (Å²) in [7, 11) is 0. The van der Waals surface area contributed by atoms with Gasteiger partial charge in [0.25, 0.3) is 5.91 Å². The zero-order valence-corrected chi connectivity index (χ0v) is 7.53. The van der Waals surface area contributed by atoms with Crippen molar-refractivity contribution >= 4 is 5.91 Å². The predicted molar refractivity (Wildman–Crippen MR) is 45.4 cm³/mol. The lowest BCUT2D eigenvalue weighted by Gasteiger charge is -2.13. The zero-order valence-electron chi connectivity index (χ0n) is 7.53. The van der Waals surface area contributed by atoms with Crippen LogP contribution in [0.1, 0.15) is 19.3 Å². The fraction of sp³-hybridized carbons (Fsp3) is 0.889. The minimum atomic E-state index is -0.422. The van der Waals surface area contributed by atoms with E-state index in [-0.39, 0.29) is 5.91 Å². The highest BCUT2D eigenvalue weighted by Crippen LogP contribution is 2.70. The van der Waals surface area contributed by atoms with Crippen LogP contribution in [0.3, 0.4) is 0 Å². The van der Waals surface area contributed by atoms with Crippen LogP contribution in [-0.2, 0) is 9.63 Å². The Morgan fingerprint density at radius 3 is 2.85 bits per heavy atom. The van der Waals surface area contributed by atoms with E-state index >= 15 is 0 Å². The van der Waals surface area contributed by atoms with Gasteiger partial charge in [-0.25, -0.2) is 5.06 Å². The lowest BCUT2D eigenvalue weighted by molar-refractivity contribution is -0.163. The van der Waals surface area contributed by atoms with Gasteiger partial charge in [-0.2, -0.15) is 0 Å². The molecule has 2 atom stereocenters. The molecule has 2 N–H and O–H groups in total. The first kappa shape index (κ1) is 7.76. The molecular formula is C9H14N2O2. The van der Waals surface area contributed by atoms with E-state index in [0.29, 0.717) is 17.9 Å². The van der Waals surface area contributed by atoms with Crippen molar-refractivity contribution < 1.29 is 9.63 Å². The summed E-state index contributed by atoms with van der Waals surface area (Å²) < 4.78 is 0. The molecule has 2 saturated carbocycles. The first-order valence-electron chi connectivity index (χ1n) is 4.91. The van der Waals surface area contributed by atoms with Crippen LogP contribution < -0.4 is 5.73 Å². The number of amides is 1. The highest BCUT2D eigenvalue weighted by molar-refractivity contribution is 5.82. The van der Waals surface area contributed by atoms with Crippen LogP contribution in [0.25, 0.3) is 0 Å². The number of carbonyl (C=O) groups excluding carboxylic acids is 1. The lowest BCUT2D eigenvalue weighted by atomic mass is 10.3. The number of nitrogens with zero attached hydrogens (tertiary/aromatic N) is 1. The Morgan fingerprint density at radius 2 is 2.38 bits per heavy atom. The van der Waals surface area contributed by atoms with Crippen LogP contribution in [0.2, 0.25) is 0 Å². The summed E-state index contributed by atoms with van der Waals surface area (Å²) in [5, 5.41) is 1.47. The third-order valence-corrected chi connectivity index (χ3v) is 3.61. The van der Waals surface area contributed by atoms with Crippen molar-refractivity contribution in [3.8, 4) is 0 Å². The summed E-state index contributed by atoms with van der Waals surface area (Å²) in [4.78, 5) is 16.6. The second kappa shape index (κ2) is 2.25. The smallest absolute Gasteiger partial charge is 0.265 e. The van der Waals surface area contributed by atoms with E-state index < -0.39 is 6.04 Å². The molecule has 0 bridgehead atoms. The summed E-state index contributed by atoms with van der Waals surface area (Å²) in [6.45, 7) is 1.13. The van der Waals surface area contributed by atoms with Crippen LogP contribution in [0.15, 0.2) is 0 Å². The SMILES string of the molecule is NC1CON(CC2CC23CC3)C1=O. The Hall–Kier alpha value is -0.610. The summed E-state index contributed by atoms with van der Waals surface area (Å²) in [5.74, 6) is 0.657. The van der Waals surface area contributed by atoms with Gasteiger partial charge in [0.2, 0.25) is 0 Å². The van der Waals surface area contributed by atoms with Gasteiger partial charge in [-0.3, -0.25) is 9.63 Å². The maximum Gasteiger partial charge on any atom is 0.265 e. The van der Waals surface area contributed by atoms with Gasteiger partial charge in [-0.15, -0.1) is 0 Å². The molecule has 3 aliphatic rings. The number of hydroxylamine groups is 2. The Morgan fingerprint density at radius 1 is 1.62 bits per heavy atom. The molecule has 72 valence electrons. The molecule has 1 aliphatic heterocycles. The first-order valence-corrected chi connectivity index (χ1v) is 4.91. The molecule has 0 radical (unpaired) electrons. The van der Waals surface area contributed by atoms with Gasteiger partial charge in [0.15, 0.2) is 0 Å². The van der Waals surface area contributed by atoms with Crippen molar-refractivity contribution in [2.75, 3.05) is 13.2 Å². The molecule has 2 aliphatic carbocycles. The molecular weight excluding hydrogens is 168 g/mol. The summed E-state index contributed by atoms with van der Waals surface area (Å²) in [6.07, 6.45) is 3.99. The molecule has 13 heavy (non-hydrogen) atoms. The number of hydrogen-bond acceptors (Lipinski definition) is 3. The lowest BCUT2D eigenvalue weighted by Crippen LogP contribution is -2.35. The van der Waals surface area contributed by atoms with E-state index in [1.165, 1.54) is 24.3 Å². The van der Waals surface area contributed by atoms with Crippen LogP contribution >= 0.6 is 0 Å². The normalized spacial score (nSPS) is 40.1. The zero-order chi connectivity index (χ0) is 9.05. The van der Waals surface area contributed by atoms with Crippen LogP contribution in [0.5, 0.6) is 0 Å². The average Bonchev–Trinajstić information content (AvgIpc) is 2.99. The van der Waals surface area contributed by atoms with E-state index in [9.17, 15) is 4.79 Å². The van der Waals surface area contributed by atoms with E-state index in [1.807, 2.05) is 0 Å². The topological polar surface area (TPSA) is 55.6 Å². The largest absolute Gasteiger partial charge is 0.318 e. The second-order valence-corrected chi connectivity index (χ2v) is 4.56. The van der Waals surface area contributed by atoms with Crippen LogP contribution in [-0.4, -0.2) is 30.2 Å². The average molecular weight is 182 g/mol. The first-order chi connectivity index (χ1) is 6.21. The Bertz CT molecular complexity index is 262. The number of nitrogens with two attached hydrogens (primary N) is 1. The molecule has 1 spiro atoms. The monoisotopic (exact) mass is 182 g/mol. The minimum Gasteiger partial charge on any atom is -0.318 e. The van der Waals surface area contributed by atoms with Crippen molar-refractivity contribution in [2.24, 2.45) is 17.1 Å². The molecule has 1 amide bonds. The third kappa shape index (κ3) is 1.09. The molecule has 1 heterocycles. The molecule has 3 rings (SSSR count). The van der Waals surface area contributed by atoms with Gasteiger partial charge in [-0.05, 0) is 30.6 Å². The molecule has 4 nitrogen and oxygen atoms in total. The highest BCUT2D eigenvalue weighted by atomic mass is 16.7. The Kier molecular flexibility index (Phi) is 1.34. The van der Waals surface area contributed by atoms with Gasteiger partial charge < -0.3 is 5.73 Å². The molecule has 0 aromatic heterocycles. The summed E-state index contributed by atoms with van der Waals surface area (Å²) >= 11 is 0. The van der Waals surface area contributed by atoms with Crippen LogP contribution in [0, 0.1) is 11.3 Å². The number of rotatable bonds is 2. The molecule has 0 aromatic carbocycles. The third-order valence-electron chi connectivity index (χ3n) is 3.61. The van der Waals surface area contributed by atoms with Gasteiger partial charge in [0.1, 0.15) is 6.04 Å².